The highest BCUT2D eigenvalue weighted by Crippen LogP contribution is 2.32. The molecule has 0 amide bonds. The predicted octanol–water partition coefficient (Wildman–Crippen LogP) is 3.26. The van der Waals surface area contributed by atoms with Gasteiger partial charge in [-0.15, -0.1) is 0 Å². The first-order chi connectivity index (χ1) is 11.3. The zero-order valence-corrected chi connectivity index (χ0v) is 12.8. The summed E-state index contributed by atoms with van der Waals surface area (Å²) in [5.41, 5.74) is 0.613. The van der Waals surface area contributed by atoms with Crippen molar-refractivity contribution < 1.29 is 22.8 Å². The summed E-state index contributed by atoms with van der Waals surface area (Å²) in [5, 5.41) is 0. The van der Waals surface area contributed by atoms with Crippen molar-refractivity contribution in [2.24, 2.45) is 10.9 Å². The summed E-state index contributed by atoms with van der Waals surface area (Å²) < 4.78 is 38.2. The molecule has 1 aromatic rings. The van der Waals surface area contributed by atoms with Crippen LogP contribution in [0.2, 0.25) is 0 Å². The molecule has 0 fully saturated rings. The third-order valence-corrected chi connectivity index (χ3v) is 4.27. The van der Waals surface area contributed by atoms with Crippen LogP contribution in [0.3, 0.4) is 0 Å². The Morgan fingerprint density at radius 1 is 1.21 bits per heavy atom. The first-order valence-corrected chi connectivity index (χ1v) is 7.42. The summed E-state index contributed by atoms with van der Waals surface area (Å²) in [6, 6.07) is 2.70. The smallest absolute Gasteiger partial charge is 0.294 e. The Labute approximate surface area is 136 Å². The molecule has 0 aromatic heterocycles. The van der Waals surface area contributed by atoms with Crippen molar-refractivity contribution in [1.82, 2.24) is 0 Å². The van der Waals surface area contributed by atoms with Crippen LogP contribution in [-0.4, -0.2) is 23.8 Å². The van der Waals surface area contributed by atoms with Crippen molar-refractivity contribution in [2.45, 2.75) is 25.6 Å². The molecule has 6 heteroatoms. The summed E-state index contributed by atoms with van der Waals surface area (Å²) >= 11 is 0. The molecule has 3 nitrogen and oxygen atoms in total. The van der Waals surface area contributed by atoms with E-state index in [1.165, 1.54) is 18.4 Å². The van der Waals surface area contributed by atoms with E-state index >= 15 is 0 Å². The summed E-state index contributed by atoms with van der Waals surface area (Å²) in [7, 11) is 0. The highest BCUT2D eigenvalue weighted by Gasteiger charge is 2.37. The lowest BCUT2D eigenvalue weighted by molar-refractivity contribution is -0.137. The number of rotatable bonds is 2. The number of benzene rings is 1. The van der Waals surface area contributed by atoms with Gasteiger partial charge in [-0.05, 0) is 42.3 Å². The minimum absolute atomic E-state index is 0.134. The number of hydrogen-bond donors (Lipinski definition) is 0. The lowest BCUT2D eigenvalue weighted by atomic mass is 9.79. The number of Topliss-reactive ketones (excluding diaryl/α,β-unsaturated/α-hetero) is 1. The van der Waals surface area contributed by atoms with E-state index in [0.717, 1.165) is 12.1 Å². The molecular formula is C18H14F3NO2. The first-order valence-electron chi connectivity index (χ1n) is 7.42. The predicted molar refractivity (Wildman–Crippen MR) is 82.9 cm³/mol. The average molecular weight is 333 g/mol. The number of nitrogens with zero attached hydrogens (tertiary/aromatic N) is 1. The van der Waals surface area contributed by atoms with E-state index in [4.69, 9.17) is 0 Å². The maximum Gasteiger partial charge on any atom is 0.416 e. The van der Waals surface area contributed by atoms with Crippen LogP contribution < -0.4 is 0 Å². The van der Waals surface area contributed by atoms with Crippen molar-refractivity contribution in [3.63, 3.8) is 0 Å². The number of carbonyl (C=O) groups excluding carboxylic acids is 2. The molecular weight excluding hydrogens is 319 g/mol. The van der Waals surface area contributed by atoms with Crippen LogP contribution in [-0.2, 0) is 22.2 Å². The molecule has 0 bridgehead atoms. The Bertz CT molecular complexity index is 803. The van der Waals surface area contributed by atoms with Gasteiger partial charge < -0.3 is 0 Å². The van der Waals surface area contributed by atoms with Gasteiger partial charge in [-0.1, -0.05) is 12.1 Å². The minimum Gasteiger partial charge on any atom is -0.294 e. The summed E-state index contributed by atoms with van der Waals surface area (Å²) in [6.07, 6.45) is 1.76. The van der Waals surface area contributed by atoms with Gasteiger partial charge in [0.15, 0.2) is 11.6 Å². The largest absolute Gasteiger partial charge is 0.416 e. The van der Waals surface area contributed by atoms with Gasteiger partial charge in [-0.2, -0.15) is 13.2 Å². The van der Waals surface area contributed by atoms with Crippen LogP contribution in [0.25, 0.3) is 0 Å². The number of halogens is 3. The molecule has 0 saturated heterocycles. The van der Waals surface area contributed by atoms with E-state index < -0.39 is 23.7 Å². The number of fused-ring (bicyclic) bond motifs is 1. The van der Waals surface area contributed by atoms with Crippen molar-refractivity contribution in [3.8, 4) is 0 Å². The van der Waals surface area contributed by atoms with Crippen LogP contribution >= 0.6 is 0 Å². The summed E-state index contributed by atoms with van der Waals surface area (Å²) in [4.78, 5) is 28.7. The second-order valence-electron chi connectivity index (χ2n) is 5.91. The van der Waals surface area contributed by atoms with Crippen molar-refractivity contribution in [2.75, 3.05) is 0 Å². The SMILES string of the molecule is Cc1cc(C(F)(F)F)ccc1CC1=CC(=O)C2N=CC=CC2C1=O. The molecule has 1 aliphatic carbocycles. The van der Waals surface area contributed by atoms with Gasteiger partial charge in [0, 0.05) is 18.2 Å². The topological polar surface area (TPSA) is 46.5 Å². The standard InChI is InChI=1S/C18H14F3NO2/c1-10-7-13(18(19,20)21)5-4-11(10)8-12-9-15(23)16-14(17(12)24)3-2-6-22-16/h2-7,9,14,16H,8H2,1H3. The third kappa shape index (κ3) is 2.96. The van der Waals surface area contributed by atoms with E-state index in [2.05, 4.69) is 4.99 Å². The van der Waals surface area contributed by atoms with Gasteiger partial charge in [0.2, 0.25) is 0 Å². The van der Waals surface area contributed by atoms with E-state index in [0.29, 0.717) is 16.7 Å². The van der Waals surface area contributed by atoms with Crippen LogP contribution in [0, 0.1) is 12.8 Å². The fraction of sp³-hybridized carbons (Fsp3) is 0.278. The van der Waals surface area contributed by atoms with Crippen LogP contribution in [0.5, 0.6) is 0 Å². The second-order valence-corrected chi connectivity index (χ2v) is 5.91. The van der Waals surface area contributed by atoms with E-state index in [1.807, 2.05) is 0 Å². The van der Waals surface area contributed by atoms with Crippen LogP contribution in [0.4, 0.5) is 13.2 Å². The van der Waals surface area contributed by atoms with E-state index in [9.17, 15) is 22.8 Å². The molecule has 1 aliphatic heterocycles. The molecule has 2 unspecified atom stereocenters. The fourth-order valence-electron chi connectivity index (χ4n) is 2.95. The number of ketones is 2. The molecule has 2 atom stereocenters. The maximum absolute atomic E-state index is 12.7. The average Bonchev–Trinajstić information content (AvgIpc) is 2.53. The molecule has 0 radical (unpaired) electrons. The zero-order valence-electron chi connectivity index (χ0n) is 12.8. The Hall–Kier alpha value is -2.50. The normalized spacial score (nSPS) is 23.2. The Kier molecular flexibility index (Phi) is 3.99. The molecule has 0 spiro atoms. The number of aliphatic imine (C=N–C) groups is 1. The minimum atomic E-state index is -4.41. The monoisotopic (exact) mass is 333 g/mol. The van der Waals surface area contributed by atoms with Gasteiger partial charge in [-0.25, -0.2) is 0 Å². The van der Waals surface area contributed by atoms with E-state index in [1.54, 1.807) is 19.1 Å². The van der Waals surface area contributed by atoms with Crippen LogP contribution in [0.15, 0.2) is 47.0 Å². The Balaban J connectivity index is 1.89. The van der Waals surface area contributed by atoms with Crippen molar-refractivity contribution in [1.29, 1.82) is 0 Å². The van der Waals surface area contributed by atoms with Gasteiger partial charge in [0.25, 0.3) is 0 Å². The van der Waals surface area contributed by atoms with Crippen molar-refractivity contribution in [3.05, 3.63) is 58.7 Å². The fourth-order valence-corrected chi connectivity index (χ4v) is 2.95. The van der Waals surface area contributed by atoms with Gasteiger partial charge in [0.05, 0.1) is 11.5 Å². The number of carbonyl (C=O) groups is 2. The zero-order chi connectivity index (χ0) is 17.5. The highest BCUT2D eigenvalue weighted by atomic mass is 19.4. The lowest BCUT2D eigenvalue weighted by Crippen LogP contribution is -2.38. The molecule has 1 aromatic carbocycles. The number of aryl methyl sites for hydroxylation is 1. The molecule has 0 N–H and O–H groups in total. The first kappa shape index (κ1) is 16.4. The molecule has 124 valence electrons. The van der Waals surface area contributed by atoms with Gasteiger partial charge in [0.1, 0.15) is 6.04 Å². The molecule has 0 saturated carbocycles. The summed E-state index contributed by atoms with van der Waals surface area (Å²) in [5.74, 6) is -1.07. The lowest BCUT2D eigenvalue weighted by Gasteiger charge is -2.26. The second kappa shape index (κ2) is 5.85. The maximum atomic E-state index is 12.7. The Morgan fingerprint density at radius 3 is 2.62 bits per heavy atom. The Morgan fingerprint density at radius 2 is 1.96 bits per heavy atom. The van der Waals surface area contributed by atoms with Gasteiger partial charge in [-0.3, -0.25) is 14.6 Å². The van der Waals surface area contributed by atoms with Crippen molar-refractivity contribution >= 4 is 17.8 Å². The number of hydrogen-bond acceptors (Lipinski definition) is 3. The number of alkyl halides is 3. The van der Waals surface area contributed by atoms with Crippen LogP contribution in [0.1, 0.15) is 16.7 Å². The van der Waals surface area contributed by atoms with Gasteiger partial charge >= 0.3 is 6.18 Å². The number of allylic oxidation sites excluding steroid dienone is 2. The van der Waals surface area contributed by atoms with E-state index in [-0.39, 0.29) is 18.0 Å². The summed E-state index contributed by atoms with van der Waals surface area (Å²) in [6.45, 7) is 1.56. The third-order valence-electron chi connectivity index (χ3n) is 4.27. The highest BCUT2D eigenvalue weighted by molar-refractivity contribution is 6.14. The quantitative estimate of drug-likeness (QED) is 0.834. The molecule has 1 heterocycles. The molecule has 3 rings (SSSR count). The number of dihydropyridines is 1. The molecule has 24 heavy (non-hydrogen) atoms. The molecule has 2 aliphatic rings.